The highest BCUT2D eigenvalue weighted by molar-refractivity contribution is 5.93. The molecule has 0 aromatic carbocycles. The Kier molecular flexibility index (Phi) is 4.42. The first-order chi connectivity index (χ1) is 9.56. The number of methoxy groups -OCH3 is 1. The molecule has 0 bridgehead atoms. The molecule has 0 N–H and O–H groups in total. The second kappa shape index (κ2) is 6.07. The van der Waals surface area contributed by atoms with E-state index in [0.29, 0.717) is 25.3 Å². The van der Waals surface area contributed by atoms with Crippen molar-refractivity contribution < 1.29 is 14.3 Å². The lowest BCUT2D eigenvalue weighted by Crippen LogP contribution is -2.43. The highest BCUT2D eigenvalue weighted by Crippen LogP contribution is 2.20. The summed E-state index contributed by atoms with van der Waals surface area (Å²) in [4.78, 5) is 25.9. The highest BCUT2D eigenvalue weighted by Gasteiger charge is 2.30. The van der Waals surface area contributed by atoms with Gasteiger partial charge in [-0.25, -0.2) is 0 Å². The fourth-order valence-corrected chi connectivity index (χ4v) is 2.64. The molecular formula is C14H21N3O3. The van der Waals surface area contributed by atoms with Crippen LogP contribution in [-0.4, -0.2) is 46.8 Å². The lowest BCUT2D eigenvalue weighted by Gasteiger charge is -2.31. The Hall–Kier alpha value is -1.85. The van der Waals surface area contributed by atoms with E-state index in [0.717, 1.165) is 18.5 Å². The topological polar surface area (TPSA) is 64.4 Å². The van der Waals surface area contributed by atoms with E-state index in [1.165, 1.54) is 7.11 Å². The fraction of sp³-hybridized carbons (Fsp3) is 0.643. The summed E-state index contributed by atoms with van der Waals surface area (Å²) >= 11 is 0. The molecule has 0 spiro atoms. The summed E-state index contributed by atoms with van der Waals surface area (Å²) in [6.45, 7) is 5.59. The summed E-state index contributed by atoms with van der Waals surface area (Å²) in [7, 11) is 1.39. The maximum atomic E-state index is 12.6. The number of nitrogens with zero attached hydrogens (tertiary/aromatic N) is 3. The number of hydrogen-bond donors (Lipinski definition) is 0. The van der Waals surface area contributed by atoms with Gasteiger partial charge in [0.1, 0.15) is 5.69 Å². The second-order valence-electron chi connectivity index (χ2n) is 5.10. The minimum Gasteiger partial charge on any atom is -0.469 e. The predicted molar refractivity (Wildman–Crippen MR) is 73.3 cm³/mol. The molecule has 1 aliphatic heterocycles. The molecule has 1 unspecified atom stereocenters. The van der Waals surface area contributed by atoms with E-state index >= 15 is 0 Å². The number of aromatic nitrogens is 2. The number of amides is 1. The van der Waals surface area contributed by atoms with E-state index in [1.807, 2.05) is 13.8 Å². The van der Waals surface area contributed by atoms with E-state index in [4.69, 9.17) is 4.74 Å². The van der Waals surface area contributed by atoms with Gasteiger partial charge in [-0.3, -0.25) is 14.3 Å². The number of aryl methyl sites for hydroxylation is 2. The number of esters is 1. The third kappa shape index (κ3) is 2.84. The van der Waals surface area contributed by atoms with Crippen molar-refractivity contribution in [1.29, 1.82) is 0 Å². The van der Waals surface area contributed by atoms with E-state index in [2.05, 4.69) is 5.10 Å². The van der Waals surface area contributed by atoms with Gasteiger partial charge in [0.25, 0.3) is 5.91 Å². The normalized spacial score (nSPS) is 18.9. The summed E-state index contributed by atoms with van der Waals surface area (Å²) in [5.74, 6) is -0.500. The number of piperidine rings is 1. The molecule has 0 saturated carbocycles. The van der Waals surface area contributed by atoms with Gasteiger partial charge in [-0.2, -0.15) is 5.10 Å². The third-order valence-corrected chi connectivity index (χ3v) is 3.66. The zero-order chi connectivity index (χ0) is 14.7. The smallest absolute Gasteiger partial charge is 0.310 e. The molecule has 1 saturated heterocycles. The average Bonchev–Trinajstić information content (AvgIpc) is 2.86. The Bertz CT molecular complexity index is 510. The first-order valence-electron chi connectivity index (χ1n) is 6.98. The standard InChI is InChI=1S/C14H21N3O3/c1-4-17-12(8-10(2)15-17)13(18)16-7-5-6-11(9-16)14(19)20-3/h8,11H,4-7,9H2,1-3H3. The minimum atomic E-state index is -0.234. The van der Waals surface area contributed by atoms with Gasteiger partial charge >= 0.3 is 5.97 Å². The van der Waals surface area contributed by atoms with Crippen LogP contribution in [0.15, 0.2) is 6.07 Å². The minimum absolute atomic E-state index is 0.0546. The zero-order valence-electron chi connectivity index (χ0n) is 12.3. The number of rotatable bonds is 3. The molecular weight excluding hydrogens is 258 g/mol. The summed E-state index contributed by atoms with van der Waals surface area (Å²) in [6.07, 6.45) is 1.60. The van der Waals surface area contributed by atoms with Crippen molar-refractivity contribution in [3.05, 3.63) is 17.5 Å². The number of ether oxygens (including phenoxy) is 1. The fourth-order valence-electron chi connectivity index (χ4n) is 2.64. The molecule has 110 valence electrons. The van der Waals surface area contributed by atoms with Crippen LogP contribution < -0.4 is 0 Å². The molecule has 6 nitrogen and oxygen atoms in total. The van der Waals surface area contributed by atoms with Gasteiger partial charge in [0, 0.05) is 19.6 Å². The SMILES string of the molecule is CCn1nc(C)cc1C(=O)N1CCCC(C(=O)OC)C1. The summed E-state index contributed by atoms with van der Waals surface area (Å²) in [6, 6.07) is 1.80. The maximum absolute atomic E-state index is 12.6. The summed E-state index contributed by atoms with van der Waals surface area (Å²) in [5.41, 5.74) is 1.42. The van der Waals surface area contributed by atoms with Crippen LogP contribution in [0, 0.1) is 12.8 Å². The Labute approximate surface area is 118 Å². The third-order valence-electron chi connectivity index (χ3n) is 3.66. The molecule has 2 heterocycles. The lowest BCUT2D eigenvalue weighted by atomic mass is 9.98. The molecule has 1 fully saturated rings. The van der Waals surface area contributed by atoms with Crippen LogP contribution in [0.5, 0.6) is 0 Å². The first kappa shape index (κ1) is 14.6. The van der Waals surface area contributed by atoms with Crippen LogP contribution in [0.4, 0.5) is 0 Å². The van der Waals surface area contributed by atoms with Crippen molar-refractivity contribution in [2.24, 2.45) is 5.92 Å². The van der Waals surface area contributed by atoms with E-state index in [1.54, 1.807) is 15.6 Å². The molecule has 1 atom stereocenters. The molecule has 2 rings (SSSR count). The zero-order valence-corrected chi connectivity index (χ0v) is 12.3. The van der Waals surface area contributed by atoms with Gasteiger partial charge < -0.3 is 9.64 Å². The Morgan fingerprint density at radius 3 is 2.90 bits per heavy atom. The van der Waals surface area contributed by atoms with Gasteiger partial charge in [-0.15, -0.1) is 0 Å². The van der Waals surface area contributed by atoms with Crippen molar-refractivity contribution >= 4 is 11.9 Å². The molecule has 1 amide bonds. The van der Waals surface area contributed by atoms with Crippen molar-refractivity contribution in [3.8, 4) is 0 Å². The van der Waals surface area contributed by atoms with Crippen LogP contribution in [0.25, 0.3) is 0 Å². The van der Waals surface area contributed by atoms with Crippen molar-refractivity contribution in [1.82, 2.24) is 14.7 Å². The van der Waals surface area contributed by atoms with Crippen LogP contribution >= 0.6 is 0 Å². The number of carbonyl (C=O) groups is 2. The van der Waals surface area contributed by atoms with Gasteiger partial charge in [-0.05, 0) is 32.8 Å². The average molecular weight is 279 g/mol. The molecule has 0 aliphatic carbocycles. The lowest BCUT2D eigenvalue weighted by molar-refractivity contribution is -0.146. The van der Waals surface area contributed by atoms with Crippen molar-refractivity contribution in [2.75, 3.05) is 20.2 Å². The van der Waals surface area contributed by atoms with Crippen LogP contribution in [0.3, 0.4) is 0 Å². The number of carbonyl (C=O) groups excluding carboxylic acids is 2. The summed E-state index contributed by atoms with van der Waals surface area (Å²) in [5, 5.41) is 4.29. The molecule has 20 heavy (non-hydrogen) atoms. The maximum Gasteiger partial charge on any atom is 0.310 e. The van der Waals surface area contributed by atoms with Crippen LogP contribution in [0.1, 0.15) is 35.9 Å². The van der Waals surface area contributed by atoms with Gasteiger partial charge in [0.2, 0.25) is 0 Å². The Balaban J connectivity index is 2.14. The Morgan fingerprint density at radius 2 is 2.25 bits per heavy atom. The first-order valence-corrected chi connectivity index (χ1v) is 6.98. The molecule has 1 aromatic rings. The molecule has 1 aliphatic rings. The molecule has 6 heteroatoms. The van der Waals surface area contributed by atoms with E-state index in [9.17, 15) is 9.59 Å². The van der Waals surface area contributed by atoms with Crippen LogP contribution in [-0.2, 0) is 16.1 Å². The largest absolute Gasteiger partial charge is 0.469 e. The monoisotopic (exact) mass is 279 g/mol. The van der Waals surface area contributed by atoms with E-state index < -0.39 is 0 Å². The van der Waals surface area contributed by atoms with Gasteiger partial charge in [0.05, 0.1) is 18.7 Å². The second-order valence-corrected chi connectivity index (χ2v) is 5.10. The number of likely N-dealkylation sites (tertiary alicyclic amines) is 1. The van der Waals surface area contributed by atoms with Crippen LogP contribution in [0.2, 0.25) is 0 Å². The van der Waals surface area contributed by atoms with Gasteiger partial charge in [0.15, 0.2) is 0 Å². The molecule has 1 aromatic heterocycles. The van der Waals surface area contributed by atoms with Crippen molar-refractivity contribution in [3.63, 3.8) is 0 Å². The highest BCUT2D eigenvalue weighted by atomic mass is 16.5. The quantitative estimate of drug-likeness (QED) is 0.781. The Morgan fingerprint density at radius 1 is 1.50 bits per heavy atom. The van der Waals surface area contributed by atoms with Gasteiger partial charge in [-0.1, -0.05) is 0 Å². The molecule has 0 radical (unpaired) electrons. The number of hydrogen-bond acceptors (Lipinski definition) is 4. The van der Waals surface area contributed by atoms with Crippen molar-refractivity contribution in [2.45, 2.75) is 33.2 Å². The summed E-state index contributed by atoms with van der Waals surface area (Å²) < 4.78 is 6.49. The predicted octanol–water partition coefficient (Wildman–Crippen LogP) is 1.24. The van der Waals surface area contributed by atoms with E-state index in [-0.39, 0.29) is 17.8 Å².